The minimum atomic E-state index is 0.0888. The molecule has 84 valence electrons. The van der Waals surface area contributed by atoms with Crippen molar-refractivity contribution in [2.45, 2.75) is 32.8 Å². The molecule has 1 aliphatic rings. The lowest BCUT2D eigenvalue weighted by Crippen LogP contribution is -2.31. The van der Waals surface area contributed by atoms with Crippen molar-refractivity contribution in [3.05, 3.63) is 11.3 Å². The van der Waals surface area contributed by atoms with Crippen LogP contribution < -0.4 is 4.90 Å². The van der Waals surface area contributed by atoms with Gasteiger partial charge in [-0.15, -0.1) is 0 Å². The van der Waals surface area contributed by atoms with Crippen molar-refractivity contribution in [3.63, 3.8) is 0 Å². The summed E-state index contributed by atoms with van der Waals surface area (Å²) < 4.78 is 1.90. The van der Waals surface area contributed by atoms with Crippen molar-refractivity contribution in [3.8, 4) is 0 Å². The maximum Gasteiger partial charge on any atom is 0.132 e. The Bertz CT molecular complexity index is 340. The fourth-order valence-electron chi connectivity index (χ4n) is 2.38. The van der Waals surface area contributed by atoms with Crippen molar-refractivity contribution >= 4 is 5.82 Å². The third kappa shape index (κ3) is 1.86. The highest BCUT2D eigenvalue weighted by molar-refractivity contribution is 5.50. The van der Waals surface area contributed by atoms with Crippen LogP contribution in [-0.2, 0) is 13.7 Å². The first kappa shape index (κ1) is 10.5. The van der Waals surface area contributed by atoms with Crippen LogP contribution >= 0.6 is 0 Å². The Morgan fingerprint density at radius 3 is 2.53 bits per heavy atom. The maximum atomic E-state index is 9.36. The van der Waals surface area contributed by atoms with Crippen molar-refractivity contribution in [1.82, 2.24) is 9.78 Å². The molecule has 0 unspecified atom stereocenters. The van der Waals surface area contributed by atoms with E-state index in [1.807, 2.05) is 18.7 Å². The number of rotatable bonds is 2. The summed E-state index contributed by atoms with van der Waals surface area (Å²) in [5, 5.41) is 13.7. The molecule has 0 spiro atoms. The number of aromatic nitrogens is 2. The van der Waals surface area contributed by atoms with Gasteiger partial charge in [0.25, 0.3) is 0 Å². The SMILES string of the molecule is Cc1nn(C)c(N2CCCCC2)c1CO. The highest BCUT2D eigenvalue weighted by Gasteiger charge is 2.20. The van der Waals surface area contributed by atoms with Gasteiger partial charge in [0.05, 0.1) is 12.3 Å². The molecule has 1 aliphatic heterocycles. The molecule has 0 saturated carbocycles. The lowest BCUT2D eigenvalue weighted by Gasteiger charge is -2.29. The summed E-state index contributed by atoms with van der Waals surface area (Å²) in [6.07, 6.45) is 3.81. The number of aliphatic hydroxyl groups is 1. The number of hydrogen-bond acceptors (Lipinski definition) is 3. The van der Waals surface area contributed by atoms with Crippen LogP contribution in [0.25, 0.3) is 0 Å². The third-order valence-corrected chi connectivity index (χ3v) is 3.13. The number of aryl methyl sites for hydroxylation is 2. The van der Waals surface area contributed by atoms with Gasteiger partial charge in [-0.05, 0) is 26.2 Å². The summed E-state index contributed by atoms with van der Waals surface area (Å²) in [6, 6.07) is 0. The molecule has 0 amide bonds. The van der Waals surface area contributed by atoms with Crippen LogP contribution in [0.5, 0.6) is 0 Å². The molecule has 15 heavy (non-hydrogen) atoms. The van der Waals surface area contributed by atoms with E-state index in [0.717, 1.165) is 30.2 Å². The second kappa shape index (κ2) is 4.23. The van der Waals surface area contributed by atoms with E-state index in [4.69, 9.17) is 0 Å². The summed E-state index contributed by atoms with van der Waals surface area (Å²) in [7, 11) is 1.95. The van der Waals surface area contributed by atoms with E-state index in [1.54, 1.807) is 0 Å². The molecule has 1 fully saturated rings. The Labute approximate surface area is 90.5 Å². The molecule has 1 saturated heterocycles. The Kier molecular flexibility index (Phi) is 2.95. The van der Waals surface area contributed by atoms with Crippen molar-refractivity contribution in [1.29, 1.82) is 0 Å². The first-order chi connectivity index (χ1) is 7.24. The Morgan fingerprint density at radius 2 is 1.93 bits per heavy atom. The van der Waals surface area contributed by atoms with Gasteiger partial charge in [0.2, 0.25) is 0 Å². The normalized spacial score (nSPS) is 17.1. The Balaban J connectivity index is 2.32. The summed E-state index contributed by atoms with van der Waals surface area (Å²) in [5.41, 5.74) is 1.93. The number of anilines is 1. The molecule has 1 N–H and O–H groups in total. The van der Waals surface area contributed by atoms with E-state index in [9.17, 15) is 5.11 Å². The van der Waals surface area contributed by atoms with E-state index in [0.29, 0.717) is 0 Å². The van der Waals surface area contributed by atoms with Crippen molar-refractivity contribution in [2.75, 3.05) is 18.0 Å². The molecule has 1 aromatic rings. The zero-order valence-electron chi connectivity index (χ0n) is 9.53. The average Bonchev–Trinajstić information content (AvgIpc) is 2.54. The fraction of sp³-hybridized carbons (Fsp3) is 0.727. The standard InChI is InChI=1S/C11H19N3O/c1-9-10(8-15)11(13(2)12-9)14-6-4-3-5-7-14/h15H,3-8H2,1-2H3. The summed E-state index contributed by atoms with van der Waals surface area (Å²) in [4.78, 5) is 2.34. The second-order valence-electron chi connectivity index (χ2n) is 4.22. The number of nitrogens with zero attached hydrogens (tertiary/aromatic N) is 3. The molecule has 1 aromatic heterocycles. The molecule has 4 nitrogen and oxygen atoms in total. The lowest BCUT2D eigenvalue weighted by molar-refractivity contribution is 0.281. The lowest BCUT2D eigenvalue weighted by atomic mass is 10.1. The minimum absolute atomic E-state index is 0.0888. The molecule has 0 bridgehead atoms. The predicted octanol–water partition coefficient (Wildman–Crippen LogP) is 1.21. The number of aliphatic hydroxyl groups excluding tert-OH is 1. The number of hydrogen-bond donors (Lipinski definition) is 1. The van der Waals surface area contributed by atoms with Gasteiger partial charge in [-0.3, -0.25) is 4.68 Å². The van der Waals surface area contributed by atoms with Gasteiger partial charge in [-0.2, -0.15) is 5.10 Å². The van der Waals surface area contributed by atoms with Crippen molar-refractivity contribution < 1.29 is 5.11 Å². The van der Waals surface area contributed by atoms with Crippen LogP contribution in [-0.4, -0.2) is 28.0 Å². The van der Waals surface area contributed by atoms with Gasteiger partial charge < -0.3 is 10.0 Å². The molecule has 4 heteroatoms. The zero-order chi connectivity index (χ0) is 10.8. The first-order valence-corrected chi connectivity index (χ1v) is 5.62. The highest BCUT2D eigenvalue weighted by atomic mass is 16.3. The molecule has 2 heterocycles. The summed E-state index contributed by atoms with van der Waals surface area (Å²) in [6.45, 7) is 4.22. The van der Waals surface area contributed by atoms with Gasteiger partial charge in [-0.25, -0.2) is 0 Å². The van der Waals surface area contributed by atoms with Crippen LogP contribution in [0.1, 0.15) is 30.5 Å². The van der Waals surface area contributed by atoms with Crippen LogP contribution in [0.15, 0.2) is 0 Å². The van der Waals surface area contributed by atoms with Gasteiger partial charge in [0, 0.05) is 25.7 Å². The minimum Gasteiger partial charge on any atom is -0.391 e. The van der Waals surface area contributed by atoms with Gasteiger partial charge in [-0.1, -0.05) is 0 Å². The van der Waals surface area contributed by atoms with E-state index in [1.165, 1.54) is 19.3 Å². The number of piperidine rings is 1. The molecule has 0 atom stereocenters. The van der Waals surface area contributed by atoms with Crippen LogP contribution in [0.3, 0.4) is 0 Å². The smallest absolute Gasteiger partial charge is 0.132 e. The van der Waals surface area contributed by atoms with E-state index in [-0.39, 0.29) is 6.61 Å². The highest BCUT2D eigenvalue weighted by Crippen LogP contribution is 2.25. The van der Waals surface area contributed by atoms with Gasteiger partial charge >= 0.3 is 0 Å². The van der Waals surface area contributed by atoms with E-state index < -0.39 is 0 Å². The molecule has 0 aliphatic carbocycles. The van der Waals surface area contributed by atoms with Crippen LogP contribution in [0, 0.1) is 6.92 Å². The summed E-state index contributed by atoms with van der Waals surface area (Å²) in [5.74, 6) is 1.11. The molecule has 0 aromatic carbocycles. The molecule has 2 rings (SSSR count). The Morgan fingerprint density at radius 1 is 1.27 bits per heavy atom. The Hall–Kier alpha value is -1.03. The van der Waals surface area contributed by atoms with Gasteiger partial charge in [0.15, 0.2) is 0 Å². The zero-order valence-corrected chi connectivity index (χ0v) is 9.53. The van der Waals surface area contributed by atoms with E-state index >= 15 is 0 Å². The first-order valence-electron chi connectivity index (χ1n) is 5.62. The topological polar surface area (TPSA) is 41.3 Å². The summed E-state index contributed by atoms with van der Waals surface area (Å²) >= 11 is 0. The molecular formula is C11H19N3O. The maximum absolute atomic E-state index is 9.36. The predicted molar refractivity (Wildman–Crippen MR) is 59.9 cm³/mol. The van der Waals surface area contributed by atoms with Crippen molar-refractivity contribution in [2.24, 2.45) is 7.05 Å². The quantitative estimate of drug-likeness (QED) is 0.796. The van der Waals surface area contributed by atoms with Crippen LogP contribution in [0.2, 0.25) is 0 Å². The third-order valence-electron chi connectivity index (χ3n) is 3.13. The molecular weight excluding hydrogens is 190 g/mol. The fourth-order valence-corrected chi connectivity index (χ4v) is 2.38. The molecule has 0 radical (unpaired) electrons. The van der Waals surface area contributed by atoms with Gasteiger partial charge in [0.1, 0.15) is 5.82 Å². The van der Waals surface area contributed by atoms with Crippen LogP contribution in [0.4, 0.5) is 5.82 Å². The second-order valence-corrected chi connectivity index (χ2v) is 4.22. The van der Waals surface area contributed by atoms with E-state index in [2.05, 4.69) is 10.00 Å². The monoisotopic (exact) mass is 209 g/mol. The average molecular weight is 209 g/mol. The largest absolute Gasteiger partial charge is 0.391 e.